The van der Waals surface area contributed by atoms with Gasteiger partial charge in [0.25, 0.3) is 0 Å². The van der Waals surface area contributed by atoms with E-state index in [0.717, 1.165) is 0 Å². The third-order valence-corrected chi connectivity index (χ3v) is 2.73. The van der Waals surface area contributed by atoms with Crippen molar-refractivity contribution in [2.75, 3.05) is 19.0 Å². The smallest absolute Gasteiger partial charge is 0.306 e. The summed E-state index contributed by atoms with van der Waals surface area (Å²) >= 11 is 0. The van der Waals surface area contributed by atoms with Gasteiger partial charge in [0.05, 0.1) is 13.0 Å². The molecule has 0 atom stereocenters. The molecule has 0 unspecified atom stereocenters. The first-order valence-corrected chi connectivity index (χ1v) is 6.78. The third kappa shape index (κ3) is 5.63. The van der Waals surface area contributed by atoms with Gasteiger partial charge < -0.3 is 10.1 Å². The maximum atomic E-state index is 11.9. The first-order valence-electron chi connectivity index (χ1n) is 6.78. The second-order valence-corrected chi connectivity index (χ2v) is 4.24. The molecule has 0 amide bonds. The third-order valence-electron chi connectivity index (χ3n) is 2.73. The Morgan fingerprint density at radius 1 is 1.27 bits per heavy atom. The monoisotopic (exact) mass is 302 g/mol. The van der Waals surface area contributed by atoms with Gasteiger partial charge in [0.2, 0.25) is 5.96 Å². The Morgan fingerprint density at radius 3 is 2.50 bits per heavy atom. The van der Waals surface area contributed by atoms with Crippen LogP contribution in [-0.2, 0) is 9.53 Å². The van der Waals surface area contributed by atoms with Gasteiger partial charge in [0.1, 0.15) is 0 Å². The fraction of sp³-hybridized carbons (Fsp3) is 0.333. The fourth-order valence-electron chi connectivity index (χ4n) is 1.67. The van der Waals surface area contributed by atoms with Crippen molar-refractivity contribution >= 4 is 23.4 Å². The standard InChI is InChI=1S/C15H18N4O3/c1-3-22-14(21)9-8-13(20)11-4-6-12(7-5-11)19-15(17-2)18-10-16/h4-7H,3,8-9H2,1-2H3,(H2,17,18,19). The summed E-state index contributed by atoms with van der Waals surface area (Å²) in [5.41, 5.74) is 1.20. The van der Waals surface area contributed by atoms with Gasteiger partial charge in [-0.05, 0) is 31.2 Å². The maximum absolute atomic E-state index is 11.9. The molecule has 0 saturated heterocycles. The van der Waals surface area contributed by atoms with E-state index in [1.54, 1.807) is 44.4 Å². The molecule has 7 heteroatoms. The highest BCUT2D eigenvalue weighted by Gasteiger charge is 2.10. The Balaban J connectivity index is 2.59. The molecule has 1 aromatic rings. The molecule has 0 bridgehead atoms. The largest absolute Gasteiger partial charge is 0.466 e. The van der Waals surface area contributed by atoms with Crippen LogP contribution in [0.5, 0.6) is 0 Å². The Kier molecular flexibility index (Phi) is 7.13. The van der Waals surface area contributed by atoms with Crippen LogP contribution >= 0.6 is 0 Å². The van der Waals surface area contributed by atoms with E-state index in [1.165, 1.54) is 0 Å². The average molecular weight is 302 g/mol. The predicted octanol–water partition coefficient (Wildman–Crippen LogP) is 1.68. The van der Waals surface area contributed by atoms with Gasteiger partial charge in [-0.3, -0.25) is 19.9 Å². The molecule has 7 nitrogen and oxygen atoms in total. The summed E-state index contributed by atoms with van der Waals surface area (Å²) in [7, 11) is 1.54. The van der Waals surface area contributed by atoms with Crippen molar-refractivity contribution in [3.63, 3.8) is 0 Å². The summed E-state index contributed by atoms with van der Waals surface area (Å²) in [6.45, 7) is 2.03. The molecule has 0 spiro atoms. The van der Waals surface area contributed by atoms with Crippen molar-refractivity contribution in [2.24, 2.45) is 4.99 Å². The molecule has 116 valence electrons. The number of carbonyl (C=O) groups is 2. The van der Waals surface area contributed by atoms with E-state index in [9.17, 15) is 9.59 Å². The van der Waals surface area contributed by atoms with Crippen molar-refractivity contribution < 1.29 is 14.3 Å². The number of nitrogens with zero attached hydrogens (tertiary/aromatic N) is 2. The SMILES string of the molecule is CCOC(=O)CCC(=O)c1ccc(NC(=NC)NC#N)cc1. The summed E-state index contributed by atoms with van der Waals surface area (Å²) in [4.78, 5) is 27.0. The van der Waals surface area contributed by atoms with Crippen LogP contribution in [0, 0.1) is 11.5 Å². The lowest BCUT2D eigenvalue weighted by Gasteiger charge is -2.07. The molecule has 0 saturated carbocycles. The van der Waals surface area contributed by atoms with E-state index in [-0.39, 0.29) is 24.6 Å². The minimum atomic E-state index is -0.375. The normalized spacial score (nSPS) is 10.5. The van der Waals surface area contributed by atoms with Crippen LogP contribution in [0.25, 0.3) is 0 Å². The van der Waals surface area contributed by atoms with Crippen molar-refractivity contribution in [1.29, 1.82) is 5.26 Å². The van der Waals surface area contributed by atoms with Gasteiger partial charge in [0.15, 0.2) is 12.0 Å². The number of Topliss-reactive ketones (excluding diaryl/α,β-unsaturated/α-hetero) is 1. The fourth-order valence-corrected chi connectivity index (χ4v) is 1.67. The average Bonchev–Trinajstić information content (AvgIpc) is 2.53. The van der Waals surface area contributed by atoms with Gasteiger partial charge in [-0.2, -0.15) is 5.26 Å². The van der Waals surface area contributed by atoms with Gasteiger partial charge in [-0.25, -0.2) is 0 Å². The molecule has 2 N–H and O–H groups in total. The number of benzene rings is 1. The Morgan fingerprint density at radius 2 is 1.95 bits per heavy atom. The zero-order valence-electron chi connectivity index (χ0n) is 12.5. The zero-order chi connectivity index (χ0) is 16.4. The molecule has 0 aliphatic rings. The van der Waals surface area contributed by atoms with E-state index in [0.29, 0.717) is 23.8 Å². The zero-order valence-corrected chi connectivity index (χ0v) is 12.5. The van der Waals surface area contributed by atoms with Crippen LogP contribution < -0.4 is 10.6 Å². The molecule has 1 aromatic carbocycles. The van der Waals surface area contributed by atoms with Crippen molar-refractivity contribution in [1.82, 2.24) is 5.32 Å². The van der Waals surface area contributed by atoms with Crippen LogP contribution in [0.15, 0.2) is 29.3 Å². The second-order valence-electron chi connectivity index (χ2n) is 4.24. The predicted molar refractivity (Wildman–Crippen MR) is 82.4 cm³/mol. The number of anilines is 1. The van der Waals surface area contributed by atoms with Crippen LogP contribution in [0.2, 0.25) is 0 Å². The van der Waals surface area contributed by atoms with Gasteiger partial charge >= 0.3 is 5.97 Å². The number of ether oxygens (including phenoxy) is 1. The van der Waals surface area contributed by atoms with Gasteiger partial charge in [0, 0.05) is 24.7 Å². The summed E-state index contributed by atoms with van der Waals surface area (Å²) in [6, 6.07) is 6.69. The number of esters is 1. The number of nitriles is 1. The summed E-state index contributed by atoms with van der Waals surface area (Å²) < 4.78 is 4.78. The molecule has 0 aliphatic heterocycles. The summed E-state index contributed by atoms with van der Waals surface area (Å²) in [5.74, 6) is -0.191. The molecular weight excluding hydrogens is 284 g/mol. The van der Waals surface area contributed by atoms with E-state index >= 15 is 0 Å². The number of rotatable bonds is 6. The topological polar surface area (TPSA) is 104 Å². The number of hydrogen-bond donors (Lipinski definition) is 2. The maximum Gasteiger partial charge on any atom is 0.306 e. The van der Waals surface area contributed by atoms with Crippen molar-refractivity contribution in [3.05, 3.63) is 29.8 Å². The molecule has 0 radical (unpaired) electrons. The molecule has 0 aromatic heterocycles. The lowest BCUT2D eigenvalue weighted by molar-refractivity contribution is -0.143. The van der Waals surface area contributed by atoms with Crippen LogP contribution in [0.1, 0.15) is 30.1 Å². The molecular formula is C15H18N4O3. The summed E-state index contributed by atoms with van der Waals surface area (Å²) in [6.07, 6.45) is 1.95. The Labute approximate surface area is 129 Å². The number of nitrogens with one attached hydrogen (secondary N) is 2. The number of aliphatic imine (C=N–C) groups is 1. The number of guanidine groups is 1. The Bertz CT molecular complexity index is 588. The highest BCUT2D eigenvalue weighted by molar-refractivity contribution is 5.99. The molecule has 0 aliphatic carbocycles. The van der Waals surface area contributed by atoms with Gasteiger partial charge in [-0.15, -0.1) is 0 Å². The highest BCUT2D eigenvalue weighted by Crippen LogP contribution is 2.12. The molecule has 1 rings (SSSR count). The van der Waals surface area contributed by atoms with E-state index in [2.05, 4.69) is 15.6 Å². The van der Waals surface area contributed by atoms with Gasteiger partial charge in [-0.1, -0.05) is 0 Å². The van der Waals surface area contributed by atoms with Crippen molar-refractivity contribution in [3.8, 4) is 6.19 Å². The molecule has 22 heavy (non-hydrogen) atoms. The second kappa shape index (κ2) is 9.13. The summed E-state index contributed by atoms with van der Waals surface area (Å²) in [5, 5.41) is 13.8. The Hall–Kier alpha value is -2.88. The van der Waals surface area contributed by atoms with Crippen LogP contribution in [0.4, 0.5) is 5.69 Å². The van der Waals surface area contributed by atoms with Crippen LogP contribution in [-0.4, -0.2) is 31.4 Å². The molecule has 0 heterocycles. The number of hydrogen-bond acceptors (Lipinski definition) is 5. The first kappa shape index (κ1) is 17.2. The lowest BCUT2D eigenvalue weighted by atomic mass is 10.1. The quantitative estimate of drug-likeness (QED) is 0.207. The van der Waals surface area contributed by atoms with Crippen molar-refractivity contribution in [2.45, 2.75) is 19.8 Å². The highest BCUT2D eigenvalue weighted by atomic mass is 16.5. The van der Waals surface area contributed by atoms with E-state index < -0.39 is 0 Å². The molecule has 0 fully saturated rings. The van der Waals surface area contributed by atoms with E-state index in [4.69, 9.17) is 10.00 Å². The van der Waals surface area contributed by atoms with Crippen LogP contribution in [0.3, 0.4) is 0 Å². The van der Waals surface area contributed by atoms with E-state index in [1.807, 2.05) is 0 Å². The number of ketones is 1. The first-order chi connectivity index (χ1) is 10.6. The number of carbonyl (C=O) groups excluding carboxylic acids is 2. The minimum Gasteiger partial charge on any atom is -0.466 e. The lowest BCUT2D eigenvalue weighted by Crippen LogP contribution is -2.26. The minimum absolute atomic E-state index is 0.0748.